The van der Waals surface area contributed by atoms with Crippen LogP contribution in [0.2, 0.25) is 0 Å². The van der Waals surface area contributed by atoms with Crippen LogP contribution in [-0.4, -0.2) is 67.6 Å². The van der Waals surface area contributed by atoms with Crippen molar-refractivity contribution < 1.29 is 23.8 Å². The average Bonchev–Trinajstić information content (AvgIpc) is 3.32. The number of nitrogens with zero attached hydrogens (tertiary/aromatic N) is 3. The summed E-state index contributed by atoms with van der Waals surface area (Å²) in [5.41, 5.74) is 2.96. The first-order valence-corrected chi connectivity index (χ1v) is 12.8. The minimum Gasteiger partial charge on any atom is -0.497 e. The second-order valence-corrected chi connectivity index (χ2v) is 10.2. The van der Waals surface area contributed by atoms with Crippen molar-refractivity contribution in [3.05, 3.63) is 59.8 Å². The Morgan fingerprint density at radius 2 is 1.74 bits per heavy atom. The average molecular weight is 538 g/mol. The van der Waals surface area contributed by atoms with Crippen LogP contribution in [0.4, 0.5) is 16.3 Å². The number of anilines is 2. The van der Waals surface area contributed by atoms with Gasteiger partial charge >= 0.3 is 6.03 Å². The Morgan fingerprint density at radius 3 is 2.38 bits per heavy atom. The van der Waals surface area contributed by atoms with Gasteiger partial charge in [-0.3, -0.25) is 4.79 Å². The Bertz CT molecular complexity index is 1280. The summed E-state index contributed by atoms with van der Waals surface area (Å²) < 4.78 is 17.5. The van der Waals surface area contributed by atoms with Crippen LogP contribution in [0.3, 0.4) is 0 Å². The molecule has 1 heterocycles. The lowest BCUT2D eigenvalue weighted by atomic mass is 9.92. The third-order valence-electron chi connectivity index (χ3n) is 6.14. The molecule has 0 aliphatic carbocycles. The maximum atomic E-state index is 13.3. The number of para-hydroxylation sites is 1. The van der Waals surface area contributed by atoms with E-state index in [9.17, 15) is 9.59 Å². The van der Waals surface area contributed by atoms with Crippen molar-refractivity contribution in [2.24, 2.45) is 0 Å². The zero-order valence-corrected chi connectivity index (χ0v) is 23.8. The van der Waals surface area contributed by atoms with E-state index in [0.29, 0.717) is 42.6 Å². The number of amides is 3. The Hall–Kier alpha value is -4.05. The highest BCUT2D eigenvalue weighted by atomic mass is 16.5. The Balaban J connectivity index is 1.83. The van der Waals surface area contributed by atoms with Crippen molar-refractivity contribution >= 4 is 23.4 Å². The smallest absolute Gasteiger partial charge is 0.322 e. The number of hydrogen-bond acceptors (Lipinski definition) is 6. The van der Waals surface area contributed by atoms with Crippen LogP contribution in [0.25, 0.3) is 5.69 Å². The van der Waals surface area contributed by atoms with Crippen molar-refractivity contribution in [3.8, 4) is 17.2 Å². The largest absolute Gasteiger partial charge is 0.497 e. The van der Waals surface area contributed by atoms with Gasteiger partial charge in [-0.2, -0.15) is 5.10 Å². The van der Waals surface area contributed by atoms with Crippen LogP contribution in [0, 0.1) is 6.92 Å². The Morgan fingerprint density at radius 1 is 1.00 bits per heavy atom. The fourth-order valence-corrected chi connectivity index (χ4v) is 3.93. The van der Waals surface area contributed by atoms with Crippen LogP contribution >= 0.6 is 0 Å². The number of rotatable bonds is 11. The lowest BCUT2D eigenvalue weighted by molar-refractivity contribution is -0.116. The molecule has 3 aromatic rings. The van der Waals surface area contributed by atoms with E-state index in [0.717, 1.165) is 16.9 Å². The molecule has 0 spiro atoms. The molecule has 0 fully saturated rings. The maximum absolute atomic E-state index is 13.3. The molecule has 3 rings (SSSR count). The molecular formula is C29H39N5O5. The van der Waals surface area contributed by atoms with Crippen LogP contribution in [0.5, 0.6) is 11.5 Å². The standard InChI is InChI=1S/C29H39N5O5/c1-20-11-8-9-12-23(20)34-26(18-25(32-34)29(2,3)4)31-27(35)19-33(15-10-16-37-5)28(36)30-22-14-13-21(38-6)17-24(22)39-7/h8-9,11-14,17-18H,10,15-16,19H2,1-7H3,(H,30,36)(H,31,35). The number of aryl methyl sites for hydroxylation is 1. The van der Waals surface area contributed by atoms with Crippen LogP contribution in [0.15, 0.2) is 48.5 Å². The number of nitrogens with one attached hydrogen (secondary N) is 2. The fraction of sp³-hybridized carbons (Fsp3) is 0.414. The van der Waals surface area contributed by atoms with Gasteiger partial charge < -0.3 is 29.7 Å². The number of carbonyl (C=O) groups excluding carboxylic acids is 2. The number of ether oxygens (including phenoxy) is 3. The minimum atomic E-state index is -0.437. The molecule has 10 nitrogen and oxygen atoms in total. The van der Waals surface area contributed by atoms with Crippen molar-refractivity contribution in [3.63, 3.8) is 0 Å². The van der Waals surface area contributed by atoms with Crippen LogP contribution < -0.4 is 20.1 Å². The van der Waals surface area contributed by atoms with Gasteiger partial charge in [-0.15, -0.1) is 0 Å². The molecular weight excluding hydrogens is 498 g/mol. The molecule has 1 aromatic heterocycles. The van der Waals surface area contributed by atoms with Gasteiger partial charge in [0.15, 0.2) is 0 Å². The first-order chi connectivity index (χ1) is 18.6. The zero-order valence-electron chi connectivity index (χ0n) is 23.8. The van der Waals surface area contributed by atoms with Crippen molar-refractivity contribution in [2.45, 2.75) is 39.5 Å². The molecule has 39 heavy (non-hydrogen) atoms. The van der Waals surface area contributed by atoms with Crippen LogP contribution in [-0.2, 0) is 14.9 Å². The number of carbonyl (C=O) groups is 2. The van der Waals surface area contributed by atoms with Gasteiger partial charge in [-0.1, -0.05) is 39.0 Å². The number of aromatic nitrogens is 2. The summed E-state index contributed by atoms with van der Waals surface area (Å²) in [6.45, 7) is 8.80. The predicted molar refractivity (Wildman–Crippen MR) is 152 cm³/mol. The first-order valence-electron chi connectivity index (χ1n) is 12.8. The van der Waals surface area contributed by atoms with E-state index in [-0.39, 0.29) is 17.9 Å². The molecule has 0 atom stereocenters. The van der Waals surface area contributed by atoms with Gasteiger partial charge in [-0.25, -0.2) is 9.48 Å². The number of methoxy groups -OCH3 is 3. The van der Waals surface area contributed by atoms with E-state index in [2.05, 4.69) is 31.4 Å². The molecule has 0 saturated heterocycles. The van der Waals surface area contributed by atoms with Gasteiger partial charge in [0.1, 0.15) is 23.9 Å². The summed E-state index contributed by atoms with van der Waals surface area (Å²) >= 11 is 0. The highest BCUT2D eigenvalue weighted by molar-refractivity contribution is 5.97. The molecule has 0 saturated carbocycles. The van der Waals surface area contributed by atoms with Gasteiger partial charge in [0.05, 0.1) is 31.3 Å². The molecule has 0 aliphatic heterocycles. The fourth-order valence-electron chi connectivity index (χ4n) is 3.93. The summed E-state index contributed by atoms with van der Waals surface area (Å²) in [7, 11) is 4.66. The normalized spacial score (nSPS) is 11.2. The summed E-state index contributed by atoms with van der Waals surface area (Å²) in [5, 5.41) is 10.6. The third-order valence-corrected chi connectivity index (χ3v) is 6.14. The lowest BCUT2D eigenvalue weighted by Gasteiger charge is -2.23. The van der Waals surface area contributed by atoms with E-state index in [1.165, 1.54) is 12.0 Å². The summed E-state index contributed by atoms with van der Waals surface area (Å²) in [5.74, 6) is 1.23. The van der Waals surface area contributed by atoms with Gasteiger partial charge in [0.2, 0.25) is 5.91 Å². The topological polar surface area (TPSA) is 107 Å². The molecule has 2 aromatic carbocycles. The highest BCUT2D eigenvalue weighted by Crippen LogP contribution is 2.30. The van der Waals surface area contributed by atoms with Crippen LogP contribution in [0.1, 0.15) is 38.4 Å². The van der Waals surface area contributed by atoms with E-state index >= 15 is 0 Å². The molecule has 0 unspecified atom stereocenters. The second-order valence-electron chi connectivity index (χ2n) is 10.2. The summed E-state index contributed by atoms with van der Waals surface area (Å²) in [6.07, 6.45) is 0.562. The molecule has 3 amide bonds. The van der Waals surface area contributed by atoms with Gasteiger partial charge in [0.25, 0.3) is 0 Å². The molecule has 2 N–H and O–H groups in total. The first kappa shape index (κ1) is 29.5. The molecule has 210 valence electrons. The number of benzene rings is 2. The molecule has 0 radical (unpaired) electrons. The predicted octanol–water partition coefficient (Wildman–Crippen LogP) is 5.00. The number of hydrogen-bond donors (Lipinski definition) is 2. The third kappa shape index (κ3) is 7.73. The monoisotopic (exact) mass is 537 g/mol. The summed E-state index contributed by atoms with van der Waals surface area (Å²) in [6, 6.07) is 14.4. The molecule has 0 aliphatic rings. The van der Waals surface area contributed by atoms with E-state index in [1.54, 1.807) is 37.1 Å². The van der Waals surface area contributed by atoms with Gasteiger partial charge in [0, 0.05) is 37.8 Å². The quantitative estimate of drug-likeness (QED) is 0.333. The number of urea groups is 1. The highest BCUT2D eigenvalue weighted by Gasteiger charge is 2.24. The Labute approximate surface area is 230 Å². The van der Waals surface area contributed by atoms with Crippen molar-refractivity contribution in [2.75, 3.05) is 51.7 Å². The van der Waals surface area contributed by atoms with Crippen molar-refractivity contribution in [1.29, 1.82) is 0 Å². The van der Waals surface area contributed by atoms with Crippen molar-refractivity contribution in [1.82, 2.24) is 14.7 Å². The Kier molecular flexibility index (Phi) is 9.95. The molecule has 0 bridgehead atoms. The SMILES string of the molecule is COCCCN(CC(=O)Nc1cc(C(C)(C)C)nn1-c1ccccc1C)C(=O)Nc1ccc(OC)cc1OC. The summed E-state index contributed by atoms with van der Waals surface area (Å²) in [4.78, 5) is 28.0. The second kappa shape index (κ2) is 13.1. The van der Waals surface area contributed by atoms with E-state index < -0.39 is 6.03 Å². The van der Waals surface area contributed by atoms with E-state index in [1.807, 2.05) is 37.3 Å². The lowest BCUT2D eigenvalue weighted by Crippen LogP contribution is -2.41. The zero-order chi connectivity index (χ0) is 28.6. The minimum absolute atomic E-state index is 0.169. The van der Waals surface area contributed by atoms with Gasteiger partial charge in [-0.05, 0) is 37.1 Å². The van der Waals surface area contributed by atoms with E-state index in [4.69, 9.17) is 19.3 Å². The maximum Gasteiger partial charge on any atom is 0.322 e. The molecule has 10 heteroatoms.